The van der Waals surface area contributed by atoms with E-state index < -0.39 is 0 Å². The Kier molecular flexibility index (Phi) is 4.55. The van der Waals surface area contributed by atoms with E-state index in [4.69, 9.17) is 0 Å². The summed E-state index contributed by atoms with van der Waals surface area (Å²) in [7, 11) is 0. The van der Waals surface area contributed by atoms with Gasteiger partial charge in [0.05, 0.1) is 13.1 Å². The maximum absolute atomic E-state index is 11.6. The predicted octanol–water partition coefficient (Wildman–Crippen LogP) is -0.667. The minimum absolute atomic E-state index is 0.00477. The summed E-state index contributed by atoms with van der Waals surface area (Å²) in [5, 5.41) is 5.81. The third kappa shape index (κ3) is 3.87. The van der Waals surface area contributed by atoms with Crippen LogP contribution >= 0.6 is 0 Å². The Bertz CT molecular complexity index is 243. The van der Waals surface area contributed by atoms with Crippen molar-refractivity contribution in [2.24, 2.45) is 0 Å². The molecule has 0 radical (unpaired) electrons. The zero-order valence-corrected chi connectivity index (χ0v) is 9.38. The van der Waals surface area contributed by atoms with Gasteiger partial charge in [-0.1, -0.05) is 6.92 Å². The highest BCUT2D eigenvalue weighted by molar-refractivity contribution is 5.86. The minimum atomic E-state index is -0.0712. The highest BCUT2D eigenvalue weighted by atomic mass is 16.2. The molecule has 0 saturated carbocycles. The molecule has 0 bridgehead atoms. The van der Waals surface area contributed by atoms with Crippen LogP contribution in [-0.4, -0.2) is 48.9 Å². The Morgan fingerprint density at radius 2 is 2.40 bits per heavy atom. The smallest absolute Gasteiger partial charge is 0.239 e. The molecule has 2 amide bonds. The lowest BCUT2D eigenvalue weighted by atomic mass is 10.2. The van der Waals surface area contributed by atoms with Crippen molar-refractivity contribution in [2.75, 3.05) is 26.2 Å². The molecule has 5 nitrogen and oxygen atoms in total. The number of hydrogen-bond acceptors (Lipinski definition) is 3. The van der Waals surface area contributed by atoms with Crippen LogP contribution in [0.4, 0.5) is 0 Å². The molecular weight excluding hydrogens is 194 g/mol. The average molecular weight is 213 g/mol. The van der Waals surface area contributed by atoms with E-state index >= 15 is 0 Å². The van der Waals surface area contributed by atoms with Crippen LogP contribution in [0.1, 0.15) is 20.3 Å². The van der Waals surface area contributed by atoms with Gasteiger partial charge < -0.3 is 15.5 Å². The number of rotatable bonds is 4. The summed E-state index contributed by atoms with van der Waals surface area (Å²) in [5.41, 5.74) is 0. The molecule has 15 heavy (non-hydrogen) atoms. The first-order chi connectivity index (χ1) is 7.13. The third-order valence-corrected chi connectivity index (χ3v) is 2.61. The van der Waals surface area contributed by atoms with E-state index in [1.165, 1.54) is 0 Å². The van der Waals surface area contributed by atoms with Crippen molar-refractivity contribution in [3.8, 4) is 0 Å². The number of carbonyl (C=O) groups excluding carboxylic acids is 2. The number of hydrogen-bond donors (Lipinski definition) is 2. The average Bonchev–Trinajstić information content (AvgIpc) is 2.25. The third-order valence-electron chi connectivity index (χ3n) is 2.61. The van der Waals surface area contributed by atoms with Gasteiger partial charge in [0.2, 0.25) is 11.8 Å². The van der Waals surface area contributed by atoms with E-state index in [1.807, 2.05) is 6.92 Å². The Hall–Kier alpha value is -1.10. The molecule has 86 valence electrons. The highest BCUT2D eigenvalue weighted by Gasteiger charge is 2.20. The summed E-state index contributed by atoms with van der Waals surface area (Å²) in [6, 6.07) is 0.340. The summed E-state index contributed by atoms with van der Waals surface area (Å²) >= 11 is 0. The van der Waals surface area contributed by atoms with Gasteiger partial charge in [0, 0.05) is 19.1 Å². The van der Waals surface area contributed by atoms with Gasteiger partial charge >= 0.3 is 0 Å². The maximum atomic E-state index is 11.6. The van der Waals surface area contributed by atoms with Crippen LogP contribution in [0.2, 0.25) is 0 Å². The van der Waals surface area contributed by atoms with Crippen LogP contribution in [0.25, 0.3) is 0 Å². The first-order valence-corrected chi connectivity index (χ1v) is 5.41. The SMILES string of the molecule is CCC(C)NCC(=O)N1CCNC(=O)C1. The summed E-state index contributed by atoms with van der Waals surface area (Å²) in [4.78, 5) is 24.3. The van der Waals surface area contributed by atoms with Crippen LogP contribution in [0.15, 0.2) is 0 Å². The summed E-state index contributed by atoms with van der Waals surface area (Å²) in [5.74, 6) is -0.0664. The molecule has 0 aromatic heterocycles. The molecule has 0 aromatic carbocycles. The second kappa shape index (κ2) is 5.70. The Morgan fingerprint density at radius 3 is 3.00 bits per heavy atom. The second-order valence-corrected chi connectivity index (χ2v) is 3.86. The molecule has 0 spiro atoms. The van der Waals surface area contributed by atoms with E-state index in [0.717, 1.165) is 6.42 Å². The fraction of sp³-hybridized carbons (Fsp3) is 0.800. The van der Waals surface area contributed by atoms with Gasteiger partial charge in [0.15, 0.2) is 0 Å². The molecule has 1 aliphatic heterocycles. The van der Waals surface area contributed by atoms with Gasteiger partial charge in [-0.3, -0.25) is 9.59 Å². The quantitative estimate of drug-likeness (QED) is 0.651. The lowest BCUT2D eigenvalue weighted by Gasteiger charge is -2.27. The molecule has 0 aliphatic carbocycles. The second-order valence-electron chi connectivity index (χ2n) is 3.86. The number of carbonyl (C=O) groups is 2. The van der Waals surface area contributed by atoms with Crippen molar-refractivity contribution in [1.82, 2.24) is 15.5 Å². The lowest BCUT2D eigenvalue weighted by molar-refractivity contribution is -0.137. The first kappa shape index (κ1) is 12.0. The van der Waals surface area contributed by atoms with E-state index in [0.29, 0.717) is 25.7 Å². The van der Waals surface area contributed by atoms with Gasteiger partial charge in [0.25, 0.3) is 0 Å². The predicted molar refractivity (Wildman–Crippen MR) is 57.3 cm³/mol. The lowest BCUT2D eigenvalue weighted by Crippen LogP contribution is -2.52. The molecule has 1 aliphatic rings. The van der Waals surface area contributed by atoms with Crippen molar-refractivity contribution in [1.29, 1.82) is 0 Å². The fourth-order valence-electron chi connectivity index (χ4n) is 1.37. The van der Waals surface area contributed by atoms with Gasteiger partial charge in [-0.25, -0.2) is 0 Å². The van der Waals surface area contributed by atoms with Crippen molar-refractivity contribution < 1.29 is 9.59 Å². The van der Waals surface area contributed by atoms with Crippen molar-refractivity contribution in [3.05, 3.63) is 0 Å². The summed E-state index contributed by atoms with van der Waals surface area (Å²) in [6.07, 6.45) is 0.994. The van der Waals surface area contributed by atoms with E-state index in [1.54, 1.807) is 4.90 Å². The van der Waals surface area contributed by atoms with Crippen molar-refractivity contribution >= 4 is 11.8 Å². The van der Waals surface area contributed by atoms with Crippen LogP contribution in [0.3, 0.4) is 0 Å². The summed E-state index contributed by atoms with van der Waals surface area (Å²) < 4.78 is 0. The van der Waals surface area contributed by atoms with Crippen LogP contribution in [-0.2, 0) is 9.59 Å². The molecular formula is C10H19N3O2. The van der Waals surface area contributed by atoms with Crippen LogP contribution < -0.4 is 10.6 Å². The molecule has 1 fully saturated rings. The molecule has 0 aromatic rings. The zero-order valence-electron chi connectivity index (χ0n) is 9.38. The van der Waals surface area contributed by atoms with Gasteiger partial charge in [0.1, 0.15) is 0 Å². The number of nitrogens with zero attached hydrogens (tertiary/aromatic N) is 1. The van der Waals surface area contributed by atoms with Crippen molar-refractivity contribution in [2.45, 2.75) is 26.3 Å². The van der Waals surface area contributed by atoms with Gasteiger partial charge in [-0.2, -0.15) is 0 Å². The van der Waals surface area contributed by atoms with Crippen LogP contribution in [0, 0.1) is 0 Å². The Morgan fingerprint density at radius 1 is 1.67 bits per heavy atom. The summed E-state index contributed by atoms with van der Waals surface area (Å²) in [6.45, 7) is 5.80. The van der Waals surface area contributed by atoms with Crippen molar-refractivity contribution in [3.63, 3.8) is 0 Å². The number of piperazine rings is 1. The van der Waals surface area contributed by atoms with Crippen LogP contribution in [0.5, 0.6) is 0 Å². The number of nitrogens with one attached hydrogen (secondary N) is 2. The number of amides is 2. The first-order valence-electron chi connectivity index (χ1n) is 5.41. The van der Waals surface area contributed by atoms with E-state index in [-0.39, 0.29) is 18.4 Å². The largest absolute Gasteiger partial charge is 0.353 e. The van der Waals surface area contributed by atoms with E-state index in [2.05, 4.69) is 17.6 Å². The molecule has 1 atom stereocenters. The molecule has 1 heterocycles. The van der Waals surface area contributed by atoms with Gasteiger partial charge in [-0.05, 0) is 13.3 Å². The minimum Gasteiger partial charge on any atom is -0.353 e. The molecule has 1 rings (SSSR count). The van der Waals surface area contributed by atoms with E-state index in [9.17, 15) is 9.59 Å². The standard InChI is InChI=1S/C10H19N3O2/c1-3-8(2)12-6-10(15)13-5-4-11-9(14)7-13/h8,12H,3-7H2,1-2H3,(H,11,14). The molecule has 5 heteroatoms. The normalized spacial score (nSPS) is 18.5. The maximum Gasteiger partial charge on any atom is 0.239 e. The Labute approximate surface area is 90.2 Å². The monoisotopic (exact) mass is 213 g/mol. The van der Waals surface area contributed by atoms with Gasteiger partial charge in [-0.15, -0.1) is 0 Å². The Balaban J connectivity index is 2.30. The molecule has 1 saturated heterocycles. The molecule has 1 unspecified atom stereocenters. The fourth-order valence-corrected chi connectivity index (χ4v) is 1.37. The molecule has 2 N–H and O–H groups in total. The highest BCUT2D eigenvalue weighted by Crippen LogP contribution is 1.95. The topological polar surface area (TPSA) is 61.4 Å². The zero-order chi connectivity index (χ0) is 11.3.